The summed E-state index contributed by atoms with van der Waals surface area (Å²) in [5.74, 6) is -1.99. The molecule has 0 bridgehead atoms. The van der Waals surface area contributed by atoms with Gasteiger partial charge in [-0.15, -0.1) is 0 Å². The average molecular weight is 428 g/mol. The second-order valence-corrected chi connectivity index (χ2v) is 6.60. The Kier molecular flexibility index (Phi) is 9.03. The Morgan fingerprint density at radius 1 is 0.677 bits per heavy atom. The molecule has 0 fully saturated rings. The van der Waals surface area contributed by atoms with Gasteiger partial charge in [-0.2, -0.15) is 0 Å². The maximum Gasteiger partial charge on any atom is 0.408 e. The quantitative estimate of drug-likeness (QED) is 0.377. The van der Waals surface area contributed by atoms with E-state index in [1.54, 1.807) is 48.5 Å². The SMILES string of the molecule is C[C@H](NC(=O)OCc1ccccc1)C(=O)OC(=O)[C@H](C)NC(=O)OCc1ccccc1. The van der Waals surface area contributed by atoms with Crippen LogP contribution in [0.15, 0.2) is 60.7 Å². The Hall–Kier alpha value is -3.88. The van der Waals surface area contributed by atoms with E-state index in [0.717, 1.165) is 11.1 Å². The number of hydrogen-bond acceptors (Lipinski definition) is 7. The molecule has 0 spiro atoms. The minimum absolute atomic E-state index is 0.0272. The van der Waals surface area contributed by atoms with Crippen LogP contribution in [0.3, 0.4) is 0 Å². The van der Waals surface area contributed by atoms with E-state index >= 15 is 0 Å². The number of alkyl carbamates (subject to hydrolysis) is 2. The highest BCUT2D eigenvalue weighted by Gasteiger charge is 2.25. The normalized spacial score (nSPS) is 12.1. The number of carbonyl (C=O) groups is 4. The number of amides is 2. The summed E-state index contributed by atoms with van der Waals surface area (Å²) in [6.07, 6.45) is -1.67. The molecule has 0 aromatic heterocycles. The van der Waals surface area contributed by atoms with Crippen LogP contribution in [-0.2, 0) is 37.0 Å². The van der Waals surface area contributed by atoms with Crippen molar-refractivity contribution in [2.24, 2.45) is 0 Å². The fraction of sp³-hybridized carbons (Fsp3) is 0.273. The molecule has 0 aliphatic heterocycles. The highest BCUT2D eigenvalue weighted by atomic mass is 16.6. The zero-order chi connectivity index (χ0) is 22.6. The number of nitrogens with one attached hydrogen (secondary N) is 2. The lowest BCUT2D eigenvalue weighted by Gasteiger charge is -2.15. The van der Waals surface area contributed by atoms with Gasteiger partial charge in [0.25, 0.3) is 0 Å². The molecule has 0 saturated heterocycles. The van der Waals surface area contributed by atoms with Crippen molar-refractivity contribution >= 4 is 24.1 Å². The molecule has 164 valence electrons. The summed E-state index contributed by atoms with van der Waals surface area (Å²) in [5.41, 5.74) is 1.56. The Bertz CT molecular complexity index is 814. The molecule has 2 N–H and O–H groups in total. The maximum atomic E-state index is 12.0. The monoisotopic (exact) mass is 428 g/mol. The van der Waals surface area contributed by atoms with E-state index in [0.29, 0.717) is 0 Å². The number of benzene rings is 2. The summed E-state index contributed by atoms with van der Waals surface area (Å²) < 4.78 is 14.7. The van der Waals surface area contributed by atoms with Gasteiger partial charge in [-0.3, -0.25) is 0 Å². The Labute approximate surface area is 179 Å². The third-order valence-electron chi connectivity index (χ3n) is 4.00. The van der Waals surface area contributed by atoms with Gasteiger partial charge in [0.05, 0.1) is 0 Å². The molecule has 0 heterocycles. The predicted octanol–water partition coefficient (Wildman–Crippen LogP) is 2.69. The van der Waals surface area contributed by atoms with Crippen molar-refractivity contribution in [1.82, 2.24) is 10.6 Å². The van der Waals surface area contributed by atoms with Gasteiger partial charge in [0.1, 0.15) is 25.3 Å². The number of hydrogen-bond donors (Lipinski definition) is 2. The smallest absolute Gasteiger partial charge is 0.408 e. The van der Waals surface area contributed by atoms with Gasteiger partial charge in [-0.25, -0.2) is 19.2 Å². The van der Waals surface area contributed by atoms with Crippen LogP contribution in [0.25, 0.3) is 0 Å². The van der Waals surface area contributed by atoms with Crippen LogP contribution in [-0.4, -0.2) is 36.2 Å². The van der Waals surface area contributed by atoms with Crippen molar-refractivity contribution in [3.63, 3.8) is 0 Å². The van der Waals surface area contributed by atoms with Crippen molar-refractivity contribution in [2.45, 2.75) is 39.1 Å². The summed E-state index contributed by atoms with van der Waals surface area (Å²) in [7, 11) is 0. The molecule has 0 aliphatic carbocycles. The van der Waals surface area contributed by atoms with E-state index in [1.165, 1.54) is 13.8 Å². The first kappa shape index (κ1) is 23.4. The summed E-state index contributed by atoms with van der Waals surface area (Å²) >= 11 is 0. The molecule has 0 radical (unpaired) electrons. The first-order valence-electron chi connectivity index (χ1n) is 9.55. The number of carbonyl (C=O) groups excluding carboxylic acids is 4. The molecule has 31 heavy (non-hydrogen) atoms. The Balaban J connectivity index is 1.69. The van der Waals surface area contributed by atoms with E-state index in [-0.39, 0.29) is 13.2 Å². The third-order valence-corrected chi connectivity index (χ3v) is 4.00. The molecular formula is C22H24N2O7. The first-order chi connectivity index (χ1) is 14.8. The lowest BCUT2D eigenvalue weighted by molar-refractivity contribution is -0.162. The van der Waals surface area contributed by atoms with Crippen LogP contribution in [0.5, 0.6) is 0 Å². The number of esters is 2. The van der Waals surface area contributed by atoms with Crippen LogP contribution in [0.1, 0.15) is 25.0 Å². The van der Waals surface area contributed by atoms with Gasteiger partial charge in [-0.05, 0) is 25.0 Å². The minimum atomic E-state index is -1.13. The molecule has 0 saturated carbocycles. The largest absolute Gasteiger partial charge is 0.445 e. The van der Waals surface area contributed by atoms with Crippen LogP contribution < -0.4 is 10.6 Å². The molecule has 0 aliphatic rings. The third kappa shape index (κ3) is 8.57. The molecule has 2 aromatic rings. The lowest BCUT2D eigenvalue weighted by atomic mass is 10.2. The Morgan fingerprint density at radius 2 is 1.03 bits per heavy atom. The van der Waals surface area contributed by atoms with Crippen molar-refractivity contribution < 1.29 is 33.4 Å². The van der Waals surface area contributed by atoms with E-state index in [9.17, 15) is 19.2 Å². The van der Waals surface area contributed by atoms with E-state index in [2.05, 4.69) is 15.4 Å². The fourth-order valence-corrected chi connectivity index (χ4v) is 2.28. The van der Waals surface area contributed by atoms with E-state index < -0.39 is 36.2 Å². The molecule has 2 atom stereocenters. The van der Waals surface area contributed by atoms with Crippen molar-refractivity contribution in [3.05, 3.63) is 71.8 Å². The van der Waals surface area contributed by atoms with Gasteiger partial charge in [0, 0.05) is 0 Å². The summed E-state index contributed by atoms with van der Waals surface area (Å²) in [4.78, 5) is 47.6. The lowest BCUT2D eigenvalue weighted by Crippen LogP contribution is -2.44. The molecule has 0 unspecified atom stereocenters. The van der Waals surface area contributed by atoms with Crippen LogP contribution in [0, 0.1) is 0 Å². The van der Waals surface area contributed by atoms with Gasteiger partial charge in [-0.1, -0.05) is 60.7 Å². The van der Waals surface area contributed by atoms with Gasteiger partial charge < -0.3 is 24.8 Å². The van der Waals surface area contributed by atoms with E-state index in [4.69, 9.17) is 9.47 Å². The highest BCUT2D eigenvalue weighted by molar-refractivity contribution is 5.93. The van der Waals surface area contributed by atoms with Crippen molar-refractivity contribution in [3.8, 4) is 0 Å². The number of ether oxygens (including phenoxy) is 3. The molecule has 9 nitrogen and oxygen atoms in total. The standard InChI is InChI=1S/C22H24N2O7/c1-15(23-21(27)29-13-17-9-5-3-6-10-17)19(25)31-20(26)16(2)24-22(28)30-14-18-11-7-4-8-12-18/h3-12,15-16H,13-14H2,1-2H3,(H,23,27)(H,24,28)/t15-,16-/m0/s1. The Morgan fingerprint density at radius 3 is 1.39 bits per heavy atom. The first-order valence-corrected chi connectivity index (χ1v) is 9.55. The van der Waals surface area contributed by atoms with Crippen molar-refractivity contribution in [1.29, 1.82) is 0 Å². The molecule has 9 heteroatoms. The summed E-state index contributed by atoms with van der Waals surface area (Å²) in [5, 5.41) is 4.55. The topological polar surface area (TPSA) is 120 Å². The minimum Gasteiger partial charge on any atom is -0.445 e. The zero-order valence-electron chi connectivity index (χ0n) is 17.2. The van der Waals surface area contributed by atoms with Crippen LogP contribution >= 0.6 is 0 Å². The second kappa shape index (κ2) is 12.0. The average Bonchev–Trinajstić information content (AvgIpc) is 2.77. The summed E-state index contributed by atoms with van der Waals surface area (Å²) in [6, 6.07) is 15.7. The fourth-order valence-electron chi connectivity index (χ4n) is 2.28. The molecule has 2 amide bonds. The second-order valence-electron chi connectivity index (χ2n) is 6.60. The van der Waals surface area contributed by atoms with Crippen LogP contribution in [0.4, 0.5) is 9.59 Å². The van der Waals surface area contributed by atoms with Crippen LogP contribution in [0.2, 0.25) is 0 Å². The van der Waals surface area contributed by atoms with Gasteiger partial charge in [0.2, 0.25) is 0 Å². The molecule has 2 aromatic carbocycles. The number of rotatable bonds is 8. The van der Waals surface area contributed by atoms with E-state index in [1.807, 2.05) is 12.1 Å². The maximum absolute atomic E-state index is 12.0. The zero-order valence-corrected chi connectivity index (χ0v) is 17.2. The summed E-state index contributed by atoms with van der Waals surface area (Å²) in [6.45, 7) is 2.73. The predicted molar refractivity (Wildman–Crippen MR) is 110 cm³/mol. The molecular weight excluding hydrogens is 404 g/mol. The molecule has 2 rings (SSSR count). The van der Waals surface area contributed by atoms with Gasteiger partial charge >= 0.3 is 24.1 Å². The highest BCUT2D eigenvalue weighted by Crippen LogP contribution is 2.03. The van der Waals surface area contributed by atoms with Crippen molar-refractivity contribution in [2.75, 3.05) is 0 Å². The van der Waals surface area contributed by atoms with Gasteiger partial charge in [0.15, 0.2) is 0 Å².